The monoisotopic (exact) mass is 566 g/mol. The Hall–Kier alpha value is -3.52. The van der Waals surface area contributed by atoms with Crippen LogP contribution in [0.1, 0.15) is 20.3 Å². The minimum atomic E-state index is -1.44. The Balaban J connectivity index is 1.29. The molecule has 2 heterocycles. The molecule has 10 nitrogen and oxygen atoms in total. The Kier molecular flexibility index (Phi) is 8.31. The molecular formula is C24H24F2N4O6S2. The minimum absolute atomic E-state index is 0.0190. The molecule has 4 aromatic rings. The molecule has 0 fully saturated rings. The van der Waals surface area contributed by atoms with Gasteiger partial charge in [0.25, 0.3) is 12.0 Å². The molecule has 0 aliphatic heterocycles. The van der Waals surface area contributed by atoms with Gasteiger partial charge in [-0.1, -0.05) is 28.5 Å². The van der Waals surface area contributed by atoms with Gasteiger partial charge in [0.1, 0.15) is 34.2 Å². The maximum Gasteiger partial charge on any atom is 0.329 e. The lowest BCUT2D eigenvalue weighted by Gasteiger charge is -2.31. The summed E-state index contributed by atoms with van der Waals surface area (Å²) in [4.78, 5) is 32.0. The fraction of sp³-hybridized carbons (Fsp3) is 0.333. The first kappa shape index (κ1) is 27.5. The number of anilines is 2. The molecule has 202 valence electrons. The van der Waals surface area contributed by atoms with Crippen LogP contribution in [0.5, 0.6) is 0 Å². The Morgan fingerprint density at radius 1 is 1.00 bits per heavy atom. The number of fused-ring (bicyclic) bond motifs is 2. The Bertz CT molecular complexity index is 1460. The molecule has 0 aliphatic carbocycles. The summed E-state index contributed by atoms with van der Waals surface area (Å²) in [6.07, 6.45) is 0.225. The fourth-order valence-electron chi connectivity index (χ4n) is 3.47. The van der Waals surface area contributed by atoms with Gasteiger partial charge < -0.3 is 29.7 Å². The lowest BCUT2D eigenvalue weighted by Crippen LogP contribution is -2.50. The van der Waals surface area contributed by atoms with Crippen LogP contribution in [0.2, 0.25) is 0 Å². The van der Waals surface area contributed by atoms with Gasteiger partial charge in [0.15, 0.2) is 11.2 Å². The van der Waals surface area contributed by atoms with Gasteiger partial charge in [-0.05, 0) is 43.5 Å². The number of halogens is 2. The highest BCUT2D eigenvalue weighted by atomic mass is 33.1. The summed E-state index contributed by atoms with van der Waals surface area (Å²) in [6.45, 7) is 3.27. The molecular weight excluding hydrogens is 542 g/mol. The van der Waals surface area contributed by atoms with Crippen LogP contribution in [0, 0.1) is 17.6 Å². The molecule has 1 unspecified atom stereocenters. The quantitative estimate of drug-likeness (QED) is 0.120. The smallest absolute Gasteiger partial charge is 0.329 e. The first-order chi connectivity index (χ1) is 18.0. The maximum absolute atomic E-state index is 13.4. The molecule has 4 N–H and O–H groups in total. The molecule has 4 rings (SSSR count). The molecule has 0 saturated heterocycles. The fourth-order valence-corrected chi connectivity index (χ4v) is 6.10. The van der Waals surface area contributed by atoms with Gasteiger partial charge in [-0.15, -0.1) is 0 Å². The highest BCUT2D eigenvalue weighted by molar-refractivity contribution is 8.76. The van der Waals surface area contributed by atoms with Crippen LogP contribution in [-0.2, 0) is 9.59 Å². The van der Waals surface area contributed by atoms with Gasteiger partial charge in [0.2, 0.25) is 0 Å². The van der Waals surface area contributed by atoms with E-state index in [9.17, 15) is 28.6 Å². The van der Waals surface area contributed by atoms with E-state index < -0.39 is 41.1 Å². The Morgan fingerprint density at radius 3 is 2.16 bits per heavy atom. The number of nitrogens with zero attached hydrogens (tertiary/aromatic N) is 2. The third-order valence-corrected chi connectivity index (χ3v) is 8.60. The van der Waals surface area contributed by atoms with Gasteiger partial charge in [0, 0.05) is 23.6 Å². The summed E-state index contributed by atoms with van der Waals surface area (Å²) >= 11 is 0. The number of rotatable bonds is 13. The lowest BCUT2D eigenvalue weighted by atomic mass is 9.88. The van der Waals surface area contributed by atoms with E-state index in [2.05, 4.69) is 20.6 Å². The lowest BCUT2D eigenvalue weighted by molar-refractivity contribution is -0.143. The van der Waals surface area contributed by atoms with Gasteiger partial charge in [0.05, 0.1) is 0 Å². The molecule has 2 aromatic carbocycles. The number of carbonyl (C=O) groups is 2. The number of aliphatic carboxylic acids is 2. The number of oxazole rings is 2. The summed E-state index contributed by atoms with van der Waals surface area (Å²) in [7, 11) is 2.80. The molecule has 38 heavy (non-hydrogen) atoms. The van der Waals surface area contributed by atoms with Crippen molar-refractivity contribution in [2.24, 2.45) is 5.92 Å². The van der Waals surface area contributed by atoms with Crippen LogP contribution in [-0.4, -0.2) is 55.2 Å². The zero-order valence-corrected chi connectivity index (χ0v) is 21.9. The predicted molar refractivity (Wildman–Crippen MR) is 141 cm³/mol. The van der Waals surface area contributed by atoms with E-state index in [0.717, 1.165) is 0 Å². The maximum atomic E-state index is 13.4. The topological polar surface area (TPSA) is 151 Å². The third-order valence-electron chi connectivity index (χ3n) is 5.98. The number of aromatic nitrogens is 2. The zero-order chi connectivity index (χ0) is 27.4. The molecule has 0 aliphatic rings. The second-order valence-electron chi connectivity index (χ2n) is 8.73. The number of hydrogen-bond acceptors (Lipinski definition) is 10. The van der Waals surface area contributed by atoms with Gasteiger partial charge in [-0.3, -0.25) is 0 Å². The highest BCUT2D eigenvalue weighted by Crippen LogP contribution is 2.33. The SMILES string of the molecule is CC(CSSCC[C@H](Nc1nc2cc(F)ccc2o1)C(=O)O)[C@](C)(Nc1nc2cc(F)ccc2o1)C(=O)O. The minimum Gasteiger partial charge on any atom is -0.480 e. The average molecular weight is 567 g/mol. The van der Waals surface area contributed by atoms with E-state index in [4.69, 9.17) is 8.83 Å². The Labute approximate surface area is 223 Å². The molecule has 0 saturated carbocycles. The standard InChI is InChI=1S/C24H24F2N4O6S2/c1-12(24(2,21(33)34)30-23-29-17-10-14(26)4-6-19(17)36-23)11-38-37-8-7-15(20(31)32)27-22-28-16-9-13(25)3-5-18(16)35-22/h3-6,9-10,12,15H,7-8,11H2,1-2H3,(H,27,28)(H,29,30)(H,31,32)(H,33,34)/t12?,15-,24-/m0/s1. The number of carboxylic acids is 2. The first-order valence-electron chi connectivity index (χ1n) is 11.4. The van der Waals surface area contributed by atoms with Crippen molar-refractivity contribution in [1.29, 1.82) is 0 Å². The van der Waals surface area contributed by atoms with Crippen molar-refractivity contribution in [3.8, 4) is 0 Å². The molecule has 3 atom stereocenters. The van der Waals surface area contributed by atoms with Crippen LogP contribution < -0.4 is 10.6 Å². The van der Waals surface area contributed by atoms with E-state index in [1.54, 1.807) is 6.92 Å². The molecule has 0 spiro atoms. The van der Waals surface area contributed by atoms with Crippen LogP contribution in [0.3, 0.4) is 0 Å². The van der Waals surface area contributed by atoms with Gasteiger partial charge in [-0.2, -0.15) is 9.97 Å². The van der Waals surface area contributed by atoms with E-state index >= 15 is 0 Å². The van der Waals surface area contributed by atoms with E-state index in [1.165, 1.54) is 64.9 Å². The second-order valence-corrected chi connectivity index (χ2v) is 11.4. The first-order valence-corrected chi connectivity index (χ1v) is 13.9. The van der Waals surface area contributed by atoms with Crippen molar-refractivity contribution in [1.82, 2.24) is 9.97 Å². The van der Waals surface area contributed by atoms with Crippen molar-refractivity contribution in [3.63, 3.8) is 0 Å². The molecule has 0 radical (unpaired) electrons. The molecule has 2 aromatic heterocycles. The predicted octanol–water partition coefficient (Wildman–Crippen LogP) is 5.48. The zero-order valence-electron chi connectivity index (χ0n) is 20.2. The van der Waals surface area contributed by atoms with Crippen LogP contribution >= 0.6 is 21.6 Å². The largest absolute Gasteiger partial charge is 0.480 e. The summed E-state index contributed by atoms with van der Waals surface area (Å²) < 4.78 is 37.8. The van der Waals surface area contributed by atoms with Crippen molar-refractivity contribution >= 4 is 67.8 Å². The van der Waals surface area contributed by atoms with Crippen LogP contribution in [0.15, 0.2) is 45.2 Å². The summed E-state index contributed by atoms with van der Waals surface area (Å²) in [5.74, 6) is -2.73. The van der Waals surface area contributed by atoms with Crippen molar-refractivity contribution in [3.05, 3.63) is 48.0 Å². The van der Waals surface area contributed by atoms with Crippen LogP contribution in [0.4, 0.5) is 20.8 Å². The number of benzene rings is 2. The highest BCUT2D eigenvalue weighted by Gasteiger charge is 2.40. The average Bonchev–Trinajstić information content (AvgIpc) is 3.44. The molecule has 0 bridgehead atoms. The Morgan fingerprint density at radius 2 is 1.58 bits per heavy atom. The van der Waals surface area contributed by atoms with Crippen molar-refractivity contribution in [2.45, 2.75) is 31.8 Å². The van der Waals surface area contributed by atoms with E-state index in [-0.39, 0.29) is 29.5 Å². The summed E-state index contributed by atoms with van der Waals surface area (Å²) in [5, 5.41) is 25.0. The van der Waals surface area contributed by atoms with Crippen molar-refractivity contribution in [2.75, 3.05) is 22.1 Å². The van der Waals surface area contributed by atoms with E-state index in [0.29, 0.717) is 22.7 Å². The second kappa shape index (κ2) is 11.5. The molecule has 0 amide bonds. The van der Waals surface area contributed by atoms with Gasteiger partial charge >= 0.3 is 11.9 Å². The molecule has 14 heteroatoms. The number of hydrogen-bond donors (Lipinski definition) is 4. The third kappa shape index (κ3) is 6.30. The van der Waals surface area contributed by atoms with Crippen molar-refractivity contribution < 1.29 is 37.4 Å². The number of carboxylic acid groups (broad SMARTS) is 2. The normalized spacial score (nSPS) is 14.7. The summed E-state index contributed by atoms with van der Waals surface area (Å²) in [6, 6.07) is 6.62. The van der Waals surface area contributed by atoms with Gasteiger partial charge in [-0.25, -0.2) is 18.4 Å². The number of nitrogens with one attached hydrogen (secondary N) is 2. The van der Waals surface area contributed by atoms with E-state index in [1.807, 2.05) is 0 Å². The van der Waals surface area contributed by atoms with Crippen LogP contribution in [0.25, 0.3) is 22.2 Å². The summed E-state index contributed by atoms with van der Waals surface area (Å²) in [5.41, 5.74) is -0.243.